The van der Waals surface area contributed by atoms with Crippen LogP contribution in [0.15, 0.2) is 70.8 Å². The number of nitrogens with two attached hydrogens (primary N) is 1. The molecule has 362 valence electrons. The summed E-state index contributed by atoms with van der Waals surface area (Å²) < 4.78 is 42.5. The minimum Gasteiger partial charge on any atom is -0.870 e. The normalized spacial score (nSPS) is 11.0. The first-order valence-corrected chi connectivity index (χ1v) is 21.0. The van der Waals surface area contributed by atoms with Gasteiger partial charge in [0.25, 0.3) is 0 Å². The third-order valence-electron chi connectivity index (χ3n) is 9.72. The van der Waals surface area contributed by atoms with Crippen LogP contribution in [0.5, 0.6) is 0 Å². The molecule has 5 N–H and O–H groups in total. The van der Waals surface area contributed by atoms with Gasteiger partial charge in [0.15, 0.2) is 11.6 Å². The van der Waals surface area contributed by atoms with E-state index >= 15 is 4.39 Å². The fourth-order valence-corrected chi connectivity index (χ4v) is 6.05. The van der Waals surface area contributed by atoms with E-state index in [4.69, 9.17) is 14.8 Å². The second-order valence-electron chi connectivity index (χ2n) is 17.4. The fourth-order valence-electron chi connectivity index (χ4n) is 6.05. The van der Waals surface area contributed by atoms with Gasteiger partial charge < -0.3 is 35.7 Å². The maximum atomic E-state index is 15.0. The average molecular weight is 987 g/mol. The standard InChI is InChI=1S/C23H25FN8O2.C15H16FN7.C7H9N2O2.K.H2O/c1-13-8-16(19-25-12-26-22(30-19)28-15-10-27-32(5)11-15)17(24)9-14(13)6-7-18(33)20-29-21(34-31-20)23(2,3)4;1-9-3-12(13(16)4-10(9)5-17)14-18-8-19-15(22-14)21-11-6-20-23(2)7-11;1-7(2,3)6-8-5(4-10)9-11-6;;/h8-12H,6-7H2,1-5H3,(H,25,26,28,30);3-4,6-8H,5,17H2,1-2H3,(H,18,19,21,22);1-3H3;;1H2/q;;-1;+1;/p-1. The van der Waals surface area contributed by atoms with Crippen LogP contribution >= 0.6 is 0 Å². The SMILES string of the molecule is CC(C)(C)c1nc([C-]=O)no1.Cc1cc(-c2ncnc(Nc3cnn(C)c3)n2)c(F)cc1CCC(=O)c1noc(C(C)(C)C)n1.Cc1cc(-c2ncnc(Nc3cnn(C)c3)n2)c(F)cc1CN.[K+].[OH-]. The Hall–Kier alpha value is -6.48. The Morgan fingerprint density at radius 1 is 0.714 bits per heavy atom. The molecular weight excluding hydrogens is 936 g/mol. The molecule has 0 atom stereocenters. The fraction of sp³-hybridized carbons (Fsp3) is 0.333. The number of carbonyl (C=O) groups excluding carboxylic acids is 2. The van der Waals surface area contributed by atoms with E-state index in [0.29, 0.717) is 41.0 Å². The first-order chi connectivity index (χ1) is 32.2. The number of benzene rings is 2. The molecule has 0 saturated carbocycles. The van der Waals surface area contributed by atoms with Crippen molar-refractivity contribution < 1.29 is 84.3 Å². The quantitative estimate of drug-likeness (QED) is 0.0895. The van der Waals surface area contributed by atoms with E-state index in [2.05, 4.69) is 71.0 Å². The minimum absolute atomic E-state index is 0. The van der Waals surface area contributed by atoms with Crippen molar-refractivity contribution in [3.63, 3.8) is 0 Å². The zero-order chi connectivity index (χ0) is 49.3. The maximum Gasteiger partial charge on any atom is 1.00 e. The van der Waals surface area contributed by atoms with Crippen LogP contribution in [0.1, 0.15) is 98.4 Å². The molecule has 0 radical (unpaired) electrons. The number of aromatic nitrogens is 14. The van der Waals surface area contributed by atoms with E-state index in [9.17, 15) is 14.0 Å². The molecule has 0 amide bonds. The van der Waals surface area contributed by atoms with E-state index in [1.165, 1.54) is 24.8 Å². The number of nitrogens with one attached hydrogen (secondary N) is 2. The van der Waals surface area contributed by atoms with Gasteiger partial charge in [-0.15, -0.1) is 0 Å². The van der Waals surface area contributed by atoms with E-state index in [1.54, 1.807) is 66.7 Å². The van der Waals surface area contributed by atoms with E-state index < -0.39 is 11.6 Å². The molecule has 25 heteroatoms. The molecule has 6 heterocycles. The van der Waals surface area contributed by atoms with Crippen molar-refractivity contribution in [1.82, 2.24) is 69.7 Å². The molecule has 0 aliphatic heterocycles. The largest absolute Gasteiger partial charge is 1.00 e. The van der Waals surface area contributed by atoms with Crippen molar-refractivity contribution in [3.05, 3.63) is 119 Å². The Labute approximate surface area is 443 Å². The minimum atomic E-state index is -0.485. The molecule has 22 nitrogen and oxygen atoms in total. The Kier molecular flexibility index (Phi) is 19.5. The van der Waals surface area contributed by atoms with Crippen LogP contribution in [0.25, 0.3) is 22.8 Å². The van der Waals surface area contributed by atoms with Crippen LogP contribution in [0.3, 0.4) is 0 Å². The number of carbonyl (C=O) groups is 1. The maximum absolute atomic E-state index is 15.0. The number of halogens is 2. The van der Waals surface area contributed by atoms with Crippen LogP contribution in [-0.2, 0) is 42.7 Å². The van der Waals surface area contributed by atoms with Gasteiger partial charge in [-0.25, -0.2) is 33.7 Å². The van der Waals surface area contributed by atoms with Crippen molar-refractivity contribution in [2.24, 2.45) is 19.8 Å². The molecule has 8 aromatic rings. The summed E-state index contributed by atoms with van der Waals surface area (Å²) in [5.74, 6) is 0.785. The Bertz CT molecular complexity index is 3030. The van der Waals surface area contributed by atoms with Crippen LogP contribution < -0.4 is 67.8 Å². The number of nitrogens with zero attached hydrogens (tertiary/aromatic N) is 14. The Morgan fingerprint density at radius 3 is 1.60 bits per heavy atom. The average Bonchev–Trinajstić information content (AvgIpc) is 4.14. The van der Waals surface area contributed by atoms with Crippen molar-refractivity contribution in [3.8, 4) is 22.8 Å². The molecule has 0 unspecified atom stereocenters. The van der Waals surface area contributed by atoms with Gasteiger partial charge in [-0.2, -0.15) is 31.4 Å². The van der Waals surface area contributed by atoms with Crippen LogP contribution in [0, 0.1) is 25.5 Å². The van der Waals surface area contributed by atoms with Gasteiger partial charge in [0, 0.05) is 50.3 Å². The predicted molar refractivity (Wildman–Crippen MR) is 246 cm³/mol. The first kappa shape index (κ1) is 56.1. The summed E-state index contributed by atoms with van der Waals surface area (Å²) in [4.78, 5) is 55.4. The Balaban J connectivity index is 0.000000255. The molecule has 0 saturated heterocycles. The first-order valence-electron chi connectivity index (χ1n) is 21.0. The van der Waals surface area contributed by atoms with Gasteiger partial charge in [0.1, 0.15) is 24.3 Å². The van der Waals surface area contributed by atoms with Gasteiger partial charge in [-0.1, -0.05) is 51.9 Å². The van der Waals surface area contributed by atoms with E-state index in [0.717, 1.165) is 22.4 Å². The van der Waals surface area contributed by atoms with Crippen molar-refractivity contribution in [2.75, 3.05) is 10.6 Å². The molecule has 6 aromatic heterocycles. The third kappa shape index (κ3) is 15.0. The second-order valence-corrected chi connectivity index (χ2v) is 17.4. The molecule has 0 fully saturated rings. The zero-order valence-electron chi connectivity index (χ0n) is 40.6. The molecule has 0 aliphatic rings. The number of aryl methyl sites for hydroxylation is 5. The zero-order valence-corrected chi connectivity index (χ0v) is 43.7. The third-order valence-corrected chi connectivity index (χ3v) is 9.72. The number of rotatable bonds is 12. The van der Waals surface area contributed by atoms with Gasteiger partial charge in [0.05, 0.1) is 40.7 Å². The number of anilines is 4. The number of ketones is 1. The number of hydrogen-bond donors (Lipinski definition) is 3. The summed E-state index contributed by atoms with van der Waals surface area (Å²) >= 11 is 0. The van der Waals surface area contributed by atoms with Crippen molar-refractivity contribution >= 4 is 35.3 Å². The molecule has 8 rings (SSSR count). The summed E-state index contributed by atoms with van der Waals surface area (Å²) in [7, 11) is 3.60. The second kappa shape index (κ2) is 24.4. The predicted octanol–water partition coefficient (Wildman–Crippen LogP) is 3.53. The molecule has 0 spiro atoms. The summed E-state index contributed by atoms with van der Waals surface area (Å²) in [5, 5.41) is 21.3. The Morgan fingerprint density at radius 2 is 1.19 bits per heavy atom. The molecule has 0 aliphatic carbocycles. The van der Waals surface area contributed by atoms with Crippen LogP contribution in [-0.4, -0.2) is 87.3 Å². The molecule has 70 heavy (non-hydrogen) atoms. The van der Waals surface area contributed by atoms with Gasteiger partial charge in [0.2, 0.25) is 35.3 Å². The van der Waals surface area contributed by atoms with Gasteiger partial charge >= 0.3 is 51.4 Å². The monoisotopic (exact) mass is 986 g/mol. The molecule has 2 aromatic carbocycles. The van der Waals surface area contributed by atoms with Gasteiger partial charge in [-0.3, -0.25) is 14.2 Å². The summed E-state index contributed by atoms with van der Waals surface area (Å²) in [6, 6.07) is 6.19. The number of Topliss-reactive ketones (excluding diaryl/α,β-unsaturated/α-hetero) is 1. The van der Waals surface area contributed by atoms with Crippen LogP contribution in [0.2, 0.25) is 0 Å². The smallest absolute Gasteiger partial charge is 0.870 e. The molecule has 0 bridgehead atoms. The topological polar surface area (TPSA) is 305 Å². The van der Waals surface area contributed by atoms with Gasteiger partial charge in [-0.05, 0) is 66.8 Å². The van der Waals surface area contributed by atoms with E-state index in [1.807, 2.05) is 55.4 Å². The summed E-state index contributed by atoms with van der Waals surface area (Å²) in [6.07, 6.45) is 11.5. The summed E-state index contributed by atoms with van der Waals surface area (Å²) in [5.41, 5.74) is 10.2. The number of hydrogen-bond acceptors (Lipinski definition) is 20. The van der Waals surface area contributed by atoms with Crippen LogP contribution in [0.4, 0.5) is 32.1 Å². The summed E-state index contributed by atoms with van der Waals surface area (Å²) in [6.45, 7) is 15.6. The van der Waals surface area contributed by atoms with Crippen molar-refractivity contribution in [1.29, 1.82) is 0 Å². The van der Waals surface area contributed by atoms with Crippen molar-refractivity contribution in [2.45, 2.75) is 85.6 Å². The molecular formula is C45H51F2KN17O5-. The van der Waals surface area contributed by atoms with E-state index in [-0.39, 0.29) is 121 Å².